The fourth-order valence-electron chi connectivity index (χ4n) is 4.60. The van der Waals surface area contributed by atoms with E-state index in [0.29, 0.717) is 32.3 Å². The third-order valence-electron chi connectivity index (χ3n) is 6.46. The summed E-state index contributed by atoms with van der Waals surface area (Å²) in [6, 6.07) is 0.324. The average molecular weight is 374 g/mol. The van der Waals surface area contributed by atoms with Gasteiger partial charge in [0.05, 0.1) is 24.0 Å². The molecule has 1 aliphatic carbocycles. The molecule has 2 aliphatic heterocycles. The van der Waals surface area contributed by atoms with E-state index in [1.54, 1.807) is 7.11 Å². The third kappa shape index (κ3) is 3.16. The van der Waals surface area contributed by atoms with Crippen molar-refractivity contribution in [2.45, 2.75) is 45.1 Å². The number of aromatic nitrogens is 2. The zero-order valence-corrected chi connectivity index (χ0v) is 16.6. The largest absolute Gasteiger partial charge is 0.383 e. The molecule has 3 aliphatic rings. The normalized spacial score (nSPS) is 28.1. The summed E-state index contributed by atoms with van der Waals surface area (Å²) in [4.78, 5) is 34.7. The molecule has 2 saturated heterocycles. The van der Waals surface area contributed by atoms with E-state index in [4.69, 9.17) is 4.74 Å². The fourth-order valence-corrected chi connectivity index (χ4v) is 4.60. The molecule has 0 N–H and O–H groups in total. The van der Waals surface area contributed by atoms with E-state index in [2.05, 4.69) is 29.6 Å². The second kappa shape index (κ2) is 6.93. The van der Waals surface area contributed by atoms with Crippen molar-refractivity contribution in [3.05, 3.63) is 18.2 Å². The van der Waals surface area contributed by atoms with E-state index in [0.717, 1.165) is 31.5 Å². The van der Waals surface area contributed by atoms with Crippen molar-refractivity contribution in [2.75, 3.05) is 39.9 Å². The lowest BCUT2D eigenvalue weighted by molar-refractivity contribution is -0.137. The molecule has 1 saturated carbocycles. The van der Waals surface area contributed by atoms with E-state index in [1.807, 2.05) is 16.1 Å². The Hall–Kier alpha value is -1.89. The SMILES string of the molecule is COCCN1CC[C@]2(CN(C(=O)C3CC3)C[C@H]2c2cn(C(C)C)cn2)C1=O. The van der Waals surface area contributed by atoms with Crippen LogP contribution in [-0.2, 0) is 14.3 Å². The molecule has 1 spiro atoms. The monoisotopic (exact) mass is 374 g/mol. The minimum Gasteiger partial charge on any atom is -0.383 e. The van der Waals surface area contributed by atoms with Crippen LogP contribution in [0.1, 0.15) is 50.8 Å². The summed E-state index contributed by atoms with van der Waals surface area (Å²) in [6.45, 7) is 7.26. The molecular weight excluding hydrogens is 344 g/mol. The molecule has 2 atom stereocenters. The van der Waals surface area contributed by atoms with Crippen LogP contribution in [0, 0.1) is 11.3 Å². The van der Waals surface area contributed by atoms with Gasteiger partial charge in [0.1, 0.15) is 0 Å². The van der Waals surface area contributed by atoms with Crippen molar-refractivity contribution < 1.29 is 14.3 Å². The van der Waals surface area contributed by atoms with Crippen LogP contribution in [0.3, 0.4) is 0 Å². The topological polar surface area (TPSA) is 67.7 Å². The second-order valence-electron chi connectivity index (χ2n) is 8.58. The first-order chi connectivity index (χ1) is 13.0. The molecule has 3 fully saturated rings. The van der Waals surface area contributed by atoms with Gasteiger partial charge in [-0.05, 0) is 33.1 Å². The molecule has 4 rings (SSSR count). The first kappa shape index (κ1) is 18.5. The van der Waals surface area contributed by atoms with Crippen LogP contribution >= 0.6 is 0 Å². The number of carbonyl (C=O) groups excluding carboxylic acids is 2. The number of hydrogen-bond donors (Lipinski definition) is 0. The summed E-state index contributed by atoms with van der Waals surface area (Å²) in [5, 5.41) is 0. The molecule has 2 amide bonds. The number of nitrogens with zero attached hydrogens (tertiary/aromatic N) is 4. The van der Waals surface area contributed by atoms with Crippen molar-refractivity contribution in [3.8, 4) is 0 Å². The molecule has 27 heavy (non-hydrogen) atoms. The number of rotatable bonds is 6. The van der Waals surface area contributed by atoms with Gasteiger partial charge in [0.15, 0.2) is 0 Å². The number of likely N-dealkylation sites (tertiary alicyclic amines) is 2. The Morgan fingerprint density at radius 1 is 1.41 bits per heavy atom. The summed E-state index contributed by atoms with van der Waals surface area (Å²) in [5.74, 6) is 0.536. The van der Waals surface area contributed by atoms with Crippen LogP contribution in [-0.4, -0.2) is 71.1 Å². The van der Waals surface area contributed by atoms with Gasteiger partial charge in [-0.25, -0.2) is 4.98 Å². The highest BCUT2D eigenvalue weighted by molar-refractivity contribution is 5.89. The van der Waals surface area contributed by atoms with E-state index < -0.39 is 5.41 Å². The lowest BCUT2D eigenvalue weighted by atomic mass is 9.75. The average Bonchev–Trinajstić information content (AvgIpc) is 3.13. The van der Waals surface area contributed by atoms with Crippen molar-refractivity contribution in [2.24, 2.45) is 11.3 Å². The molecule has 148 valence electrons. The molecule has 1 aromatic heterocycles. The standard InChI is InChI=1S/C20H30N4O3/c1-14(2)24-11-17(21-13-24)16-10-23(18(25)15-4-5-15)12-20(16)6-7-22(19(20)26)8-9-27-3/h11,13-16H,4-10,12H2,1-3H3/t16-,20+/m0/s1. The van der Waals surface area contributed by atoms with Crippen LogP contribution < -0.4 is 0 Å². The first-order valence-corrected chi connectivity index (χ1v) is 10.1. The first-order valence-electron chi connectivity index (χ1n) is 10.1. The maximum Gasteiger partial charge on any atom is 0.231 e. The maximum absolute atomic E-state index is 13.4. The second-order valence-corrected chi connectivity index (χ2v) is 8.58. The molecule has 0 radical (unpaired) electrons. The Morgan fingerprint density at radius 3 is 2.81 bits per heavy atom. The highest BCUT2D eigenvalue weighted by atomic mass is 16.5. The van der Waals surface area contributed by atoms with Crippen molar-refractivity contribution in [3.63, 3.8) is 0 Å². The molecule has 7 nitrogen and oxygen atoms in total. The third-order valence-corrected chi connectivity index (χ3v) is 6.46. The molecule has 0 bridgehead atoms. The lowest BCUT2D eigenvalue weighted by Gasteiger charge is -2.27. The Labute approximate surface area is 160 Å². The summed E-state index contributed by atoms with van der Waals surface area (Å²) in [6.07, 6.45) is 6.67. The Morgan fingerprint density at radius 2 is 2.19 bits per heavy atom. The van der Waals surface area contributed by atoms with E-state index in [-0.39, 0.29) is 23.7 Å². The van der Waals surface area contributed by atoms with E-state index in [9.17, 15) is 9.59 Å². The van der Waals surface area contributed by atoms with Crippen LogP contribution in [0.25, 0.3) is 0 Å². The van der Waals surface area contributed by atoms with Crippen molar-refractivity contribution in [1.29, 1.82) is 0 Å². The predicted octanol–water partition coefficient (Wildman–Crippen LogP) is 1.66. The van der Waals surface area contributed by atoms with Crippen molar-refractivity contribution >= 4 is 11.8 Å². The van der Waals surface area contributed by atoms with Gasteiger partial charge in [-0.2, -0.15) is 0 Å². The molecular formula is C20H30N4O3. The maximum atomic E-state index is 13.4. The molecule has 0 unspecified atom stereocenters. The summed E-state index contributed by atoms with van der Waals surface area (Å²) < 4.78 is 7.25. The van der Waals surface area contributed by atoms with Gasteiger partial charge < -0.3 is 19.1 Å². The minimum atomic E-state index is -0.533. The summed E-state index contributed by atoms with van der Waals surface area (Å²) >= 11 is 0. The summed E-state index contributed by atoms with van der Waals surface area (Å²) in [5.41, 5.74) is 0.408. The fraction of sp³-hybridized carbons (Fsp3) is 0.750. The Balaban J connectivity index is 1.63. The van der Waals surface area contributed by atoms with Crippen LogP contribution in [0.15, 0.2) is 12.5 Å². The molecule has 3 heterocycles. The van der Waals surface area contributed by atoms with Crippen LogP contribution in [0.4, 0.5) is 0 Å². The zero-order valence-electron chi connectivity index (χ0n) is 16.6. The van der Waals surface area contributed by atoms with E-state index >= 15 is 0 Å². The number of ether oxygens (including phenoxy) is 1. The van der Waals surface area contributed by atoms with Crippen LogP contribution in [0.2, 0.25) is 0 Å². The van der Waals surface area contributed by atoms with Crippen LogP contribution in [0.5, 0.6) is 0 Å². The number of carbonyl (C=O) groups is 2. The Kier molecular flexibility index (Phi) is 4.74. The van der Waals surface area contributed by atoms with E-state index in [1.165, 1.54) is 0 Å². The van der Waals surface area contributed by atoms with Gasteiger partial charge in [0.25, 0.3) is 0 Å². The smallest absolute Gasteiger partial charge is 0.231 e. The van der Waals surface area contributed by atoms with Gasteiger partial charge >= 0.3 is 0 Å². The van der Waals surface area contributed by atoms with Gasteiger partial charge in [-0.1, -0.05) is 0 Å². The highest BCUT2D eigenvalue weighted by Gasteiger charge is 2.59. The number of hydrogen-bond acceptors (Lipinski definition) is 4. The Bertz CT molecular complexity index is 727. The van der Waals surface area contributed by atoms with Gasteiger partial charge in [0, 0.05) is 57.4 Å². The van der Waals surface area contributed by atoms with Gasteiger partial charge in [-0.15, -0.1) is 0 Å². The van der Waals surface area contributed by atoms with Gasteiger partial charge in [-0.3, -0.25) is 9.59 Å². The van der Waals surface area contributed by atoms with Gasteiger partial charge in [0.2, 0.25) is 11.8 Å². The quantitative estimate of drug-likeness (QED) is 0.760. The predicted molar refractivity (Wildman–Crippen MR) is 100 cm³/mol. The lowest BCUT2D eigenvalue weighted by Crippen LogP contribution is -2.41. The molecule has 0 aromatic carbocycles. The highest BCUT2D eigenvalue weighted by Crippen LogP contribution is 2.50. The number of amides is 2. The van der Waals surface area contributed by atoms with Crippen molar-refractivity contribution in [1.82, 2.24) is 19.4 Å². The molecule has 7 heteroatoms. The summed E-state index contributed by atoms with van der Waals surface area (Å²) in [7, 11) is 1.66. The zero-order chi connectivity index (χ0) is 19.2. The molecule has 1 aromatic rings. The number of methoxy groups -OCH3 is 1. The number of imidazole rings is 1. The minimum absolute atomic E-state index is 0.0276.